The molecule has 5 heteroatoms. The number of carbonyl (C=O) groups is 1. The van der Waals surface area contributed by atoms with Gasteiger partial charge in [0.15, 0.2) is 5.69 Å². The number of aromatic nitrogens is 2. The Hall–Kier alpha value is -1.39. The fourth-order valence-corrected chi connectivity index (χ4v) is 2.84. The molecule has 2 aliphatic rings. The van der Waals surface area contributed by atoms with Gasteiger partial charge in [-0.25, -0.2) is 0 Å². The molecular weight excluding hydrogens is 245 g/mol. The van der Waals surface area contributed by atoms with Crippen LogP contribution in [-0.2, 0) is 19.9 Å². The van der Waals surface area contributed by atoms with Crippen LogP contribution in [0.1, 0.15) is 47.4 Å². The van der Waals surface area contributed by atoms with Crippen molar-refractivity contribution in [3.63, 3.8) is 0 Å². The number of fused-ring (bicyclic) bond motifs is 1. The first-order valence-corrected chi connectivity index (χ1v) is 7.04. The van der Waals surface area contributed by atoms with E-state index in [0.717, 1.165) is 37.7 Å². The van der Waals surface area contributed by atoms with Gasteiger partial charge in [0.1, 0.15) is 0 Å². The topological polar surface area (TPSA) is 46.9 Å². The summed E-state index contributed by atoms with van der Waals surface area (Å²) in [5, 5.41) is 7.21. The van der Waals surface area contributed by atoms with Gasteiger partial charge in [0.25, 0.3) is 5.91 Å². The van der Waals surface area contributed by atoms with Crippen molar-refractivity contribution in [2.75, 3.05) is 13.2 Å². The lowest BCUT2D eigenvalue weighted by atomic mass is 9.95. The van der Waals surface area contributed by atoms with Gasteiger partial charge in [-0.2, -0.15) is 5.10 Å². The highest BCUT2D eigenvalue weighted by molar-refractivity contribution is 5.94. The maximum atomic E-state index is 12.8. The van der Waals surface area contributed by atoms with Gasteiger partial charge in [-0.1, -0.05) is 0 Å². The molecule has 1 fully saturated rings. The zero-order chi connectivity index (χ0) is 13.5. The second kappa shape index (κ2) is 4.62. The fourth-order valence-electron chi connectivity index (χ4n) is 2.84. The van der Waals surface area contributed by atoms with Crippen molar-refractivity contribution >= 4 is 5.91 Å². The molecule has 1 heterocycles. The Balaban J connectivity index is 1.73. The van der Waals surface area contributed by atoms with Crippen LogP contribution in [0.15, 0.2) is 0 Å². The predicted octanol–water partition coefficient (Wildman–Crippen LogP) is 1.78. The van der Waals surface area contributed by atoms with Crippen molar-refractivity contribution < 1.29 is 9.18 Å². The number of aryl methyl sites for hydroxylation is 1. The summed E-state index contributed by atoms with van der Waals surface area (Å²) < 4.78 is 14.6. The first-order valence-electron chi connectivity index (χ1n) is 7.04. The largest absolute Gasteiger partial charge is 0.350 e. The van der Waals surface area contributed by atoms with Crippen LogP contribution in [0, 0.1) is 5.41 Å². The molecule has 0 aromatic carbocycles. The molecule has 0 unspecified atom stereocenters. The molecule has 0 saturated heterocycles. The Labute approximate surface area is 112 Å². The van der Waals surface area contributed by atoms with Crippen LogP contribution >= 0.6 is 0 Å². The quantitative estimate of drug-likeness (QED) is 0.902. The van der Waals surface area contributed by atoms with E-state index in [2.05, 4.69) is 10.4 Å². The number of halogens is 1. The summed E-state index contributed by atoms with van der Waals surface area (Å²) in [6.45, 7) is 0.0985. The maximum absolute atomic E-state index is 12.8. The van der Waals surface area contributed by atoms with E-state index in [-0.39, 0.29) is 18.0 Å². The van der Waals surface area contributed by atoms with Crippen molar-refractivity contribution in [3.8, 4) is 0 Å². The SMILES string of the molecule is Cn1nc(C(=O)NCC2(CF)CC2)c2c1CCCC2. The standard InChI is InChI=1S/C14H20FN3O/c1-18-11-5-3-2-4-10(11)12(17-18)13(19)16-9-14(8-15)6-7-14/h2-9H2,1H3,(H,16,19). The van der Waals surface area contributed by atoms with E-state index in [1.807, 2.05) is 11.7 Å². The van der Waals surface area contributed by atoms with E-state index in [1.54, 1.807) is 0 Å². The molecule has 0 atom stereocenters. The average molecular weight is 265 g/mol. The Kier molecular flexibility index (Phi) is 3.07. The van der Waals surface area contributed by atoms with Crippen LogP contribution in [0.3, 0.4) is 0 Å². The third-order valence-corrected chi connectivity index (χ3v) is 4.44. The molecule has 0 bridgehead atoms. The lowest BCUT2D eigenvalue weighted by molar-refractivity contribution is 0.0935. The zero-order valence-corrected chi connectivity index (χ0v) is 11.3. The van der Waals surface area contributed by atoms with Crippen molar-refractivity contribution in [3.05, 3.63) is 17.0 Å². The van der Waals surface area contributed by atoms with Gasteiger partial charge in [0.05, 0.1) is 6.67 Å². The van der Waals surface area contributed by atoms with E-state index >= 15 is 0 Å². The minimum Gasteiger partial charge on any atom is -0.350 e. The summed E-state index contributed by atoms with van der Waals surface area (Å²) in [5.74, 6) is -0.140. The van der Waals surface area contributed by atoms with Crippen molar-refractivity contribution in [1.29, 1.82) is 0 Å². The molecule has 1 aromatic heterocycles. The second-order valence-corrected chi connectivity index (χ2v) is 5.92. The lowest BCUT2D eigenvalue weighted by Gasteiger charge is -2.13. The fraction of sp³-hybridized carbons (Fsp3) is 0.714. The minimum absolute atomic E-state index is 0.140. The molecule has 1 saturated carbocycles. The molecule has 104 valence electrons. The Morgan fingerprint density at radius 2 is 2.16 bits per heavy atom. The first kappa shape index (κ1) is 12.6. The summed E-state index contributed by atoms with van der Waals surface area (Å²) in [6.07, 6.45) is 5.97. The summed E-state index contributed by atoms with van der Waals surface area (Å²) in [7, 11) is 1.89. The van der Waals surface area contributed by atoms with Crippen molar-refractivity contribution in [2.45, 2.75) is 38.5 Å². The molecule has 19 heavy (non-hydrogen) atoms. The molecule has 1 aromatic rings. The zero-order valence-electron chi connectivity index (χ0n) is 11.3. The average Bonchev–Trinajstić information content (AvgIpc) is 3.15. The number of carbonyl (C=O) groups excluding carboxylic acids is 1. The highest BCUT2D eigenvalue weighted by Crippen LogP contribution is 2.45. The molecule has 3 rings (SSSR count). The number of nitrogens with zero attached hydrogens (tertiary/aromatic N) is 2. The molecule has 0 radical (unpaired) electrons. The Morgan fingerprint density at radius 3 is 2.84 bits per heavy atom. The maximum Gasteiger partial charge on any atom is 0.272 e. The van der Waals surface area contributed by atoms with Gasteiger partial charge in [0.2, 0.25) is 0 Å². The Bertz CT molecular complexity index is 505. The lowest BCUT2D eigenvalue weighted by Crippen LogP contribution is -2.32. The van der Waals surface area contributed by atoms with Crippen molar-refractivity contribution in [2.24, 2.45) is 12.5 Å². The third kappa shape index (κ3) is 2.26. The molecule has 0 spiro atoms. The molecule has 0 aliphatic heterocycles. The first-order chi connectivity index (χ1) is 9.15. The summed E-state index contributed by atoms with van der Waals surface area (Å²) in [5.41, 5.74) is 2.55. The highest BCUT2D eigenvalue weighted by atomic mass is 19.1. The van der Waals surface area contributed by atoms with Crippen LogP contribution in [-0.4, -0.2) is 28.9 Å². The van der Waals surface area contributed by atoms with Gasteiger partial charge in [-0.3, -0.25) is 13.9 Å². The molecule has 1 amide bonds. The van der Waals surface area contributed by atoms with Gasteiger partial charge >= 0.3 is 0 Å². The Morgan fingerprint density at radius 1 is 1.42 bits per heavy atom. The predicted molar refractivity (Wildman–Crippen MR) is 69.8 cm³/mol. The molecule has 2 aliphatic carbocycles. The number of hydrogen-bond donors (Lipinski definition) is 1. The number of hydrogen-bond acceptors (Lipinski definition) is 2. The van der Waals surface area contributed by atoms with E-state index in [4.69, 9.17) is 0 Å². The number of amides is 1. The smallest absolute Gasteiger partial charge is 0.272 e. The van der Waals surface area contributed by atoms with E-state index in [1.165, 1.54) is 12.1 Å². The van der Waals surface area contributed by atoms with Crippen LogP contribution in [0.2, 0.25) is 0 Å². The van der Waals surface area contributed by atoms with Gasteiger partial charge < -0.3 is 5.32 Å². The van der Waals surface area contributed by atoms with E-state index in [9.17, 15) is 9.18 Å². The minimum atomic E-state index is -0.340. The van der Waals surface area contributed by atoms with E-state index in [0.29, 0.717) is 12.2 Å². The highest BCUT2D eigenvalue weighted by Gasteiger charge is 2.43. The van der Waals surface area contributed by atoms with Crippen LogP contribution in [0.4, 0.5) is 4.39 Å². The van der Waals surface area contributed by atoms with Gasteiger partial charge in [0, 0.05) is 30.3 Å². The number of rotatable bonds is 4. The number of nitrogens with one attached hydrogen (secondary N) is 1. The molecular formula is C14H20FN3O. The summed E-state index contributed by atoms with van der Waals surface area (Å²) in [6, 6.07) is 0. The monoisotopic (exact) mass is 265 g/mol. The summed E-state index contributed by atoms with van der Waals surface area (Å²) >= 11 is 0. The van der Waals surface area contributed by atoms with Crippen LogP contribution in [0.25, 0.3) is 0 Å². The third-order valence-electron chi connectivity index (χ3n) is 4.44. The van der Waals surface area contributed by atoms with Crippen LogP contribution < -0.4 is 5.32 Å². The molecule has 1 N–H and O–H groups in total. The second-order valence-electron chi connectivity index (χ2n) is 5.92. The normalized spacial score (nSPS) is 19.9. The van der Waals surface area contributed by atoms with Gasteiger partial charge in [-0.15, -0.1) is 0 Å². The van der Waals surface area contributed by atoms with Gasteiger partial charge in [-0.05, 0) is 38.5 Å². The van der Waals surface area contributed by atoms with E-state index < -0.39 is 0 Å². The van der Waals surface area contributed by atoms with Crippen LogP contribution in [0.5, 0.6) is 0 Å². The summed E-state index contributed by atoms with van der Waals surface area (Å²) in [4.78, 5) is 12.2. The van der Waals surface area contributed by atoms with Crippen molar-refractivity contribution in [1.82, 2.24) is 15.1 Å². The number of alkyl halides is 1. The molecule has 4 nitrogen and oxygen atoms in total.